The molecule has 1 unspecified atom stereocenters. The van der Waals surface area contributed by atoms with Gasteiger partial charge < -0.3 is 14.2 Å². The molecule has 2 aromatic carbocycles. The van der Waals surface area contributed by atoms with E-state index < -0.39 is 17.9 Å². The minimum Gasteiger partial charge on any atom is -0.494 e. The van der Waals surface area contributed by atoms with Gasteiger partial charge in [-0.05, 0) is 49.7 Å². The highest BCUT2D eigenvalue weighted by molar-refractivity contribution is 5.95. The number of benzene rings is 2. The average Bonchev–Trinajstić information content (AvgIpc) is 2.77. The van der Waals surface area contributed by atoms with Gasteiger partial charge in [0.1, 0.15) is 5.75 Å². The number of nitrogens with one attached hydrogen (secondary N) is 2. The van der Waals surface area contributed by atoms with Crippen LogP contribution in [0.1, 0.15) is 49.9 Å². The van der Waals surface area contributed by atoms with Gasteiger partial charge in [-0.1, -0.05) is 38.3 Å². The van der Waals surface area contributed by atoms with Crippen LogP contribution in [-0.4, -0.2) is 31.6 Å². The standard InChI is InChI=1S/C23H30N2O5/c1-4-5-6-9-16-29-19-14-12-18(13-15-19)23(27)25-24-22(26)17(2)30-21-11-8-7-10-20(21)28-3/h7-8,10-15,17H,4-6,9,16H2,1-3H3,(H,24,26)(H,25,27). The zero-order valence-corrected chi connectivity index (χ0v) is 17.8. The van der Waals surface area contributed by atoms with Crippen LogP contribution in [0.4, 0.5) is 0 Å². The van der Waals surface area contributed by atoms with Crippen molar-refractivity contribution in [2.45, 2.75) is 45.6 Å². The summed E-state index contributed by atoms with van der Waals surface area (Å²) in [4.78, 5) is 24.5. The molecule has 0 aliphatic carbocycles. The van der Waals surface area contributed by atoms with E-state index in [9.17, 15) is 9.59 Å². The van der Waals surface area contributed by atoms with Gasteiger partial charge in [-0.3, -0.25) is 20.4 Å². The first kappa shape index (κ1) is 23.1. The Bertz CT molecular complexity index is 807. The third-order valence-electron chi connectivity index (χ3n) is 4.42. The van der Waals surface area contributed by atoms with Crippen LogP contribution in [0.2, 0.25) is 0 Å². The SMILES string of the molecule is CCCCCCOc1ccc(C(=O)NNC(=O)C(C)Oc2ccccc2OC)cc1. The Balaban J connectivity index is 1.78. The number of para-hydroxylation sites is 2. The molecule has 0 saturated carbocycles. The first-order valence-corrected chi connectivity index (χ1v) is 10.2. The number of unbranched alkanes of at least 4 members (excludes halogenated alkanes) is 3. The number of rotatable bonds is 11. The zero-order valence-electron chi connectivity index (χ0n) is 17.8. The number of amides is 2. The van der Waals surface area contributed by atoms with E-state index in [1.54, 1.807) is 55.5 Å². The molecule has 0 radical (unpaired) electrons. The van der Waals surface area contributed by atoms with Crippen LogP contribution in [-0.2, 0) is 4.79 Å². The number of hydrazine groups is 1. The molecule has 0 spiro atoms. The Morgan fingerprint density at radius 3 is 2.30 bits per heavy atom. The number of hydrogen-bond acceptors (Lipinski definition) is 5. The maximum Gasteiger partial charge on any atom is 0.279 e. The second kappa shape index (κ2) is 12.4. The van der Waals surface area contributed by atoms with Crippen molar-refractivity contribution in [1.29, 1.82) is 0 Å². The number of carbonyl (C=O) groups excluding carboxylic acids is 2. The maximum atomic E-state index is 12.2. The Hall–Kier alpha value is -3.22. The van der Waals surface area contributed by atoms with Gasteiger partial charge in [0.25, 0.3) is 11.8 Å². The predicted octanol–water partition coefficient (Wildman–Crippen LogP) is 3.88. The van der Waals surface area contributed by atoms with Crippen molar-refractivity contribution >= 4 is 11.8 Å². The topological polar surface area (TPSA) is 85.9 Å². The highest BCUT2D eigenvalue weighted by Gasteiger charge is 2.17. The summed E-state index contributed by atoms with van der Waals surface area (Å²) in [5.74, 6) is 0.766. The summed E-state index contributed by atoms with van der Waals surface area (Å²) in [6, 6.07) is 13.8. The molecule has 0 saturated heterocycles. The molecule has 7 nitrogen and oxygen atoms in total. The molecule has 2 amide bonds. The van der Waals surface area contributed by atoms with Crippen molar-refractivity contribution in [2.24, 2.45) is 0 Å². The Kier molecular flexibility index (Phi) is 9.51. The summed E-state index contributed by atoms with van der Waals surface area (Å²) in [5, 5.41) is 0. The number of methoxy groups -OCH3 is 1. The summed E-state index contributed by atoms with van der Waals surface area (Å²) >= 11 is 0. The smallest absolute Gasteiger partial charge is 0.279 e. The molecule has 2 rings (SSSR count). The Morgan fingerprint density at radius 1 is 0.933 bits per heavy atom. The molecule has 0 aliphatic rings. The first-order valence-electron chi connectivity index (χ1n) is 10.2. The minimum absolute atomic E-state index is 0.409. The van der Waals surface area contributed by atoms with E-state index in [1.807, 2.05) is 0 Å². The summed E-state index contributed by atoms with van der Waals surface area (Å²) in [6.07, 6.45) is 3.72. The first-order chi connectivity index (χ1) is 14.5. The van der Waals surface area contributed by atoms with Crippen molar-refractivity contribution < 1.29 is 23.8 Å². The van der Waals surface area contributed by atoms with Crippen LogP contribution in [0.3, 0.4) is 0 Å². The molecule has 2 N–H and O–H groups in total. The van der Waals surface area contributed by atoms with Crippen LogP contribution < -0.4 is 25.1 Å². The fourth-order valence-electron chi connectivity index (χ4n) is 2.67. The van der Waals surface area contributed by atoms with Crippen LogP contribution >= 0.6 is 0 Å². The third kappa shape index (κ3) is 7.31. The van der Waals surface area contributed by atoms with E-state index >= 15 is 0 Å². The summed E-state index contributed by atoms with van der Waals surface area (Å²) < 4.78 is 16.5. The van der Waals surface area contributed by atoms with Crippen molar-refractivity contribution in [2.75, 3.05) is 13.7 Å². The van der Waals surface area contributed by atoms with Crippen LogP contribution in [0.15, 0.2) is 48.5 Å². The molecule has 162 valence electrons. The average molecular weight is 415 g/mol. The fourth-order valence-corrected chi connectivity index (χ4v) is 2.67. The van der Waals surface area contributed by atoms with Gasteiger partial charge >= 0.3 is 0 Å². The second-order valence-corrected chi connectivity index (χ2v) is 6.79. The minimum atomic E-state index is -0.829. The molecular formula is C23H30N2O5. The highest BCUT2D eigenvalue weighted by Crippen LogP contribution is 2.26. The monoisotopic (exact) mass is 414 g/mol. The molecular weight excluding hydrogens is 384 g/mol. The van der Waals surface area contributed by atoms with E-state index in [-0.39, 0.29) is 0 Å². The molecule has 30 heavy (non-hydrogen) atoms. The van der Waals surface area contributed by atoms with E-state index in [0.717, 1.165) is 12.8 Å². The van der Waals surface area contributed by atoms with Crippen molar-refractivity contribution in [1.82, 2.24) is 10.9 Å². The van der Waals surface area contributed by atoms with Crippen LogP contribution in [0, 0.1) is 0 Å². The van der Waals surface area contributed by atoms with E-state index in [4.69, 9.17) is 14.2 Å². The summed E-state index contributed by atoms with van der Waals surface area (Å²) in [6.45, 7) is 4.41. The Labute approximate surface area is 177 Å². The van der Waals surface area contributed by atoms with Gasteiger partial charge in [-0.15, -0.1) is 0 Å². The predicted molar refractivity (Wildman–Crippen MR) is 115 cm³/mol. The van der Waals surface area contributed by atoms with E-state index in [0.29, 0.717) is 29.4 Å². The van der Waals surface area contributed by atoms with Crippen molar-refractivity contribution in [3.8, 4) is 17.2 Å². The fraction of sp³-hybridized carbons (Fsp3) is 0.391. The molecule has 0 aliphatic heterocycles. The molecule has 0 fully saturated rings. The summed E-state index contributed by atoms with van der Waals surface area (Å²) in [7, 11) is 1.52. The van der Waals surface area contributed by atoms with E-state index in [2.05, 4.69) is 17.8 Å². The molecule has 0 bridgehead atoms. The zero-order chi connectivity index (χ0) is 21.8. The maximum absolute atomic E-state index is 12.2. The molecule has 0 heterocycles. The van der Waals surface area contributed by atoms with Gasteiger partial charge in [0, 0.05) is 5.56 Å². The Morgan fingerprint density at radius 2 is 1.63 bits per heavy atom. The molecule has 0 aromatic heterocycles. The van der Waals surface area contributed by atoms with Gasteiger partial charge in [-0.2, -0.15) is 0 Å². The number of carbonyl (C=O) groups is 2. The normalized spacial score (nSPS) is 11.3. The van der Waals surface area contributed by atoms with Crippen LogP contribution in [0.25, 0.3) is 0 Å². The van der Waals surface area contributed by atoms with Crippen LogP contribution in [0.5, 0.6) is 17.2 Å². The van der Waals surface area contributed by atoms with Gasteiger partial charge in [-0.25, -0.2) is 0 Å². The lowest BCUT2D eigenvalue weighted by Crippen LogP contribution is -2.47. The highest BCUT2D eigenvalue weighted by atomic mass is 16.5. The second-order valence-electron chi connectivity index (χ2n) is 6.79. The van der Waals surface area contributed by atoms with Gasteiger partial charge in [0.15, 0.2) is 17.6 Å². The number of ether oxygens (including phenoxy) is 3. The van der Waals surface area contributed by atoms with Gasteiger partial charge in [0.2, 0.25) is 0 Å². The quantitative estimate of drug-likeness (QED) is 0.430. The van der Waals surface area contributed by atoms with E-state index in [1.165, 1.54) is 20.0 Å². The lowest BCUT2D eigenvalue weighted by atomic mass is 10.2. The summed E-state index contributed by atoms with van der Waals surface area (Å²) in [5.41, 5.74) is 5.17. The van der Waals surface area contributed by atoms with Crippen molar-refractivity contribution in [3.63, 3.8) is 0 Å². The van der Waals surface area contributed by atoms with Gasteiger partial charge in [0.05, 0.1) is 13.7 Å². The van der Waals surface area contributed by atoms with Crippen molar-refractivity contribution in [3.05, 3.63) is 54.1 Å². The lowest BCUT2D eigenvalue weighted by molar-refractivity contribution is -0.128. The third-order valence-corrected chi connectivity index (χ3v) is 4.42. The molecule has 7 heteroatoms. The largest absolute Gasteiger partial charge is 0.494 e. The number of hydrogen-bond donors (Lipinski definition) is 2. The molecule has 1 atom stereocenters. The lowest BCUT2D eigenvalue weighted by Gasteiger charge is -2.17. The molecule has 2 aromatic rings.